The molecule has 0 aliphatic heterocycles. The fourth-order valence-electron chi connectivity index (χ4n) is 1.18. The van der Waals surface area contributed by atoms with Crippen molar-refractivity contribution in [3.8, 4) is 5.75 Å². The summed E-state index contributed by atoms with van der Waals surface area (Å²) in [6, 6.07) is 5.03. The van der Waals surface area contributed by atoms with E-state index in [1.165, 1.54) is 0 Å². The Bertz CT molecular complexity index is 294. The average molecular weight is 180 g/mol. The van der Waals surface area contributed by atoms with Crippen LogP contribution in [0.25, 0.3) is 0 Å². The number of aromatic hydroxyl groups is 1. The van der Waals surface area contributed by atoms with Crippen LogP contribution in [0.2, 0.25) is 0 Å². The molecule has 0 aliphatic rings. The van der Waals surface area contributed by atoms with Crippen LogP contribution in [-0.4, -0.2) is 23.1 Å². The average Bonchev–Trinajstić information content (AvgIpc) is 2.16. The number of carbonyl (C=O) groups is 1. The van der Waals surface area contributed by atoms with Gasteiger partial charge in [-0.1, -0.05) is 12.1 Å². The molecule has 0 saturated heterocycles. The maximum atomic E-state index is 10.4. The van der Waals surface area contributed by atoms with E-state index >= 15 is 0 Å². The lowest BCUT2D eigenvalue weighted by molar-refractivity contribution is 0.112. The number of phenolic OH excluding ortho intramolecular Hbond substituents is 1. The third-order valence-electron chi connectivity index (χ3n) is 1.88. The van der Waals surface area contributed by atoms with Crippen LogP contribution in [0.3, 0.4) is 0 Å². The molecule has 0 amide bonds. The van der Waals surface area contributed by atoms with Crippen molar-refractivity contribution in [2.75, 3.05) is 6.61 Å². The van der Waals surface area contributed by atoms with Crippen molar-refractivity contribution >= 4 is 6.29 Å². The molecule has 0 heterocycles. The number of aliphatic hydroxyl groups excluding tert-OH is 1. The molecule has 0 spiro atoms. The van der Waals surface area contributed by atoms with Crippen LogP contribution >= 0.6 is 0 Å². The third-order valence-corrected chi connectivity index (χ3v) is 1.88. The van der Waals surface area contributed by atoms with Gasteiger partial charge in [0.1, 0.15) is 5.75 Å². The zero-order valence-corrected chi connectivity index (χ0v) is 7.23. The first-order valence-corrected chi connectivity index (χ1v) is 4.16. The van der Waals surface area contributed by atoms with Gasteiger partial charge in [-0.05, 0) is 24.5 Å². The SMILES string of the molecule is O=Cc1cccc(CCCO)c1O. The second-order valence-corrected chi connectivity index (χ2v) is 2.80. The van der Waals surface area contributed by atoms with Crippen LogP contribution in [-0.2, 0) is 6.42 Å². The molecule has 70 valence electrons. The highest BCUT2D eigenvalue weighted by molar-refractivity contribution is 5.79. The summed E-state index contributed by atoms with van der Waals surface area (Å²) in [6.07, 6.45) is 1.80. The van der Waals surface area contributed by atoms with E-state index in [2.05, 4.69) is 0 Å². The highest BCUT2D eigenvalue weighted by Crippen LogP contribution is 2.21. The van der Waals surface area contributed by atoms with Crippen LogP contribution in [0.1, 0.15) is 22.3 Å². The van der Waals surface area contributed by atoms with Gasteiger partial charge in [0.05, 0.1) is 5.56 Å². The van der Waals surface area contributed by atoms with Gasteiger partial charge in [-0.3, -0.25) is 4.79 Å². The molecule has 0 aliphatic carbocycles. The topological polar surface area (TPSA) is 57.5 Å². The summed E-state index contributed by atoms with van der Waals surface area (Å²) in [4.78, 5) is 10.4. The summed E-state index contributed by atoms with van der Waals surface area (Å²) in [6.45, 7) is 0.0881. The predicted molar refractivity (Wildman–Crippen MR) is 48.9 cm³/mol. The fourth-order valence-corrected chi connectivity index (χ4v) is 1.18. The van der Waals surface area contributed by atoms with E-state index in [1.54, 1.807) is 18.2 Å². The van der Waals surface area contributed by atoms with Crippen molar-refractivity contribution in [1.82, 2.24) is 0 Å². The minimum atomic E-state index is 0.0333. The van der Waals surface area contributed by atoms with Crippen molar-refractivity contribution in [3.05, 3.63) is 29.3 Å². The molecule has 0 bridgehead atoms. The predicted octanol–water partition coefficient (Wildman–Crippen LogP) is 1.13. The molecule has 0 radical (unpaired) electrons. The Morgan fingerprint density at radius 2 is 2.15 bits per heavy atom. The lowest BCUT2D eigenvalue weighted by Crippen LogP contribution is -1.92. The number of benzene rings is 1. The van der Waals surface area contributed by atoms with Crippen LogP contribution in [0.5, 0.6) is 5.75 Å². The summed E-state index contributed by atoms with van der Waals surface area (Å²) in [5.41, 5.74) is 1.01. The van der Waals surface area contributed by atoms with Gasteiger partial charge in [0.2, 0.25) is 0 Å². The van der Waals surface area contributed by atoms with E-state index in [4.69, 9.17) is 5.11 Å². The molecule has 2 N–H and O–H groups in total. The van der Waals surface area contributed by atoms with Gasteiger partial charge in [0, 0.05) is 6.61 Å². The fraction of sp³-hybridized carbons (Fsp3) is 0.300. The molecule has 0 atom stereocenters. The Balaban J connectivity index is 2.87. The summed E-state index contributed by atoms with van der Waals surface area (Å²) in [5, 5.41) is 18.1. The second-order valence-electron chi connectivity index (χ2n) is 2.80. The van der Waals surface area contributed by atoms with E-state index in [1.807, 2.05) is 0 Å². The van der Waals surface area contributed by atoms with Gasteiger partial charge < -0.3 is 10.2 Å². The Hall–Kier alpha value is -1.35. The summed E-state index contributed by atoms with van der Waals surface area (Å²) in [7, 11) is 0. The second kappa shape index (κ2) is 4.62. The lowest BCUT2D eigenvalue weighted by Gasteiger charge is -2.04. The van der Waals surface area contributed by atoms with Crippen molar-refractivity contribution in [2.24, 2.45) is 0 Å². The quantitative estimate of drug-likeness (QED) is 0.683. The number of phenols is 1. The van der Waals surface area contributed by atoms with Crippen LogP contribution in [0.15, 0.2) is 18.2 Å². The van der Waals surface area contributed by atoms with Gasteiger partial charge in [0.25, 0.3) is 0 Å². The summed E-state index contributed by atoms with van der Waals surface area (Å²) < 4.78 is 0. The lowest BCUT2D eigenvalue weighted by atomic mass is 10.1. The van der Waals surface area contributed by atoms with Crippen molar-refractivity contribution < 1.29 is 15.0 Å². The van der Waals surface area contributed by atoms with Gasteiger partial charge in [-0.2, -0.15) is 0 Å². The highest BCUT2D eigenvalue weighted by atomic mass is 16.3. The van der Waals surface area contributed by atoms with E-state index in [0.29, 0.717) is 30.3 Å². The number of hydrogen-bond donors (Lipinski definition) is 2. The molecule has 0 unspecified atom stereocenters. The van der Waals surface area contributed by atoms with Crippen LogP contribution < -0.4 is 0 Å². The Labute approximate surface area is 76.6 Å². The maximum absolute atomic E-state index is 10.4. The molecule has 0 saturated carbocycles. The summed E-state index contributed by atoms with van der Waals surface area (Å²) in [5.74, 6) is 0.0333. The largest absolute Gasteiger partial charge is 0.507 e. The number of aryl methyl sites for hydroxylation is 1. The first-order valence-electron chi connectivity index (χ1n) is 4.16. The number of para-hydroxylation sites is 1. The van der Waals surface area contributed by atoms with Gasteiger partial charge in [-0.15, -0.1) is 0 Å². The van der Waals surface area contributed by atoms with Gasteiger partial charge in [-0.25, -0.2) is 0 Å². The van der Waals surface area contributed by atoms with Crippen molar-refractivity contribution in [3.63, 3.8) is 0 Å². The molecular weight excluding hydrogens is 168 g/mol. The van der Waals surface area contributed by atoms with E-state index in [-0.39, 0.29) is 12.4 Å². The molecule has 3 heteroatoms. The monoisotopic (exact) mass is 180 g/mol. The van der Waals surface area contributed by atoms with E-state index in [0.717, 1.165) is 0 Å². The Kier molecular flexibility index (Phi) is 3.46. The summed E-state index contributed by atoms with van der Waals surface area (Å²) >= 11 is 0. The smallest absolute Gasteiger partial charge is 0.153 e. The van der Waals surface area contributed by atoms with E-state index in [9.17, 15) is 9.90 Å². The Morgan fingerprint density at radius 1 is 1.38 bits per heavy atom. The number of hydrogen-bond acceptors (Lipinski definition) is 3. The standard InChI is InChI=1S/C10H12O3/c11-6-2-5-8-3-1-4-9(7-12)10(8)13/h1,3-4,7,11,13H,2,5-6H2. The van der Waals surface area contributed by atoms with Crippen molar-refractivity contribution in [1.29, 1.82) is 0 Å². The van der Waals surface area contributed by atoms with Crippen LogP contribution in [0, 0.1) is 0 Å². The molecule has 1 rings (SSSR count). The number of aliphatic hydroxyl groups is 1. The van der Waals surface area contributed by atoms with E-state index < -0.39 is 0 Å². The molecule has 1 aromatic carbocycles. The van der Waals surface area contributed by atoms with Gasteiger partial charge in [0.15, 0.2) is 6.29 Å². The zero-order valence-electron chi connectivity index (χ0n) is 7.23. The minimum Gasteiger partial charge on any atom is -0.507 e. The molecule has 0 aromatic heterocycles. The minimum absolute atomic E-state index is 0.0333. The maximum Gasteiger partial charge on any atom is 0.153 e. The normalized spacial score (nSPS) is 9.92. The molecule has 1 aromatic rings. The first kappa shape index (κ1) is 9.74. The third kappa shape index (κ3) is 2.29. The number of carbonyl (C=O) groups excluding carboxylic acids is 1. The molecule has 0 fully saturated rings. The van der Waals surface area contributed by atoms with Crippen molar-refractivity contribution in [2.45, 2.75) is 12.8 Å². The Morgan fingerprint density at radius 3 is 2.77 bits per heavy atom. The van der Waals surface area contributed by atoms with Crippen LogP contribution in [0.4, 0.5) is 0 Å². The highest BCUT2D eigenvalue weighted by Gasteiger charge is 2.04. The first-order chi connectivity index (χ1) is 6.29. The number of aldehydes is 1. The molecule has 3 nitrogen and oxygen atoms in total. The number of rotatable bonds is 4. The zero-order chi connectivity index (χ0) is 9.68. The van der Waals surface area contributed by atoms with Gasteiger partial charge >= 0.3 is 0 Å². The molecular formula is C10H12O3. The molecule has 13 heavy (non-hydrogen) atoms.